The SMILES string of the molecule is COC(=O)c1c(NC(=O)C(C)SC2CCCCC2)sc2c1CCc1ccccc1-2. The van der Waals surface area contributed by atoms with Gasteiger partial charge in [-0.2, -0.15) is 0 Å². The molecule has 0 spiro atoms. The number of rotatable bonds is 5. The topological polar surface area (TPSA) is 55.4 Å². The van der Waals surface area contributed by atoms with Crippen LogP contribution in [-0.4, -0.2) is 29.5 Å². The van der Waals surface area contributed by atoms with E-state index in [4.69, 9.17) is 4.74 Å². The van der Waals surface area contributed by atoms with E-state index in [1.54, 1.807) is 11.8 Å². The molecule has 0 radical (unpaired) electrons. The van der Waals surface area contributed by atoms with Gasteiger partial charge in [-0.3, -0.25) is 4.79 Å². The molecule has 1 unspecified atom stereocenters. The number of aryl methyl sites for hydroxylation is 1. The summed E-state index contributed by atoms with van der Waals surface area (Å²) in [4.78, 5) is 26.6. The number of thioether (sulfide) groups is 1. The van der Waals surface area contributed by atoms with Crippen LogP contribution in [0.25, 0.3) is 10.4 Å². The lowest BCUT2D eigenvalue weighted by Crippen LogP contribution is -2.26. The summed E-state index contributed by atoms with van der Waals surface area (Å²) in [6.07, 6.45) is 7.90. The number of carbonyl (C=O) groups excluding carboxylic acids is 2. The van der Waals surface area contributed by atoms with E-state index in [0.717, 1.165) is 28.8 Å². The van der Waals surface area contributed by atoms with E-state index in [0.29, 0.717) is 15.8 Å². The Hall–Kier alpha value is -1.79. The minimum Gasteiger partial charge on any atom is -0.465 e. The molecule has 1 aromatic carbocycles. The summed E-state index contributed by atoms with van der Waals surface area (Å²) in [6, 6.07) is 8.30. The average molecular weight is 430 g/mol. The highest BCUT2D eigenvalue weighted by Gasteiger charge is 2.30. The van der Waals surface area contributed by atoms with Crippen molar-refractivity contribution in [3.05, 3.63) is 41.0 Å². The normalized spacial score (nSPS) is 17.2. The predicted octanol–water partition coefficient (Wildman–Crippen LogP) is 5.69. The lowest BCUT2D eigenvalue weighted by Gasteiger charge is -2.23. The Morgan fingerprint density at radius 1 is 1.17 bits per heavy atom. The smallest absolute Gasteiger partial charge is 0.341 e. The number of benzene rings is 1. The molecule has 1 fully saturated rings. The quantitative estimate of drug-likeness (QED) is 0.620. The number of anilines is 1. The van der Waals surface area contributed by atoms with Gasteiger partial charge in [0.05, 0.1) is 17.9 Å². The number of fused-ring (bicyclic) bond motifs is 3. The van der Waals surface area contributed by atoms with Crippen LogP contribution in [0.2, 0.25) is 0 Å². The minimum atomic E-state index is -0.371. The summed E-state index contributed by atoms with van der Waals surface area (Å²) in [7, 11) is 1.40. The van der Waals surface area contributed by atoms with E-state index in [1.165, 1.54) is 56.1 Å². The minimum absolute atomic E-state index is 0.0300. The van der Waals surface area contributed by atoms with Crippen molar-refractivity contribution in [2.75, 3.05) is 12.4 Å². The third kappa shape index (κ3) is 4.24. The van der Waals surface area contributed by atoms with Gasteiger partial charge >= 0.3 is 5.97 Å². The summed E-state index contributed by atoms with van der Waals surface area (Å²) in [5, 5.41) is 4.11. The van der Waals surface area contributed by atoms with E-state index >= 15 is 0 Å². The lowest BCUT2D eigenvalue weighted by atomic mass is 9.89. The maximum atomic E-state index is 12.9. The Morgan fingerprint density at radius 3 is 2.69 bits per heavy atom. The highest BCUT2D eigenvalue weighted by Crippen LogP contribution is 2.45. The van der Waals surface area contributed by atoms with Crippen LogP contribution in [0.1, 0.15) is 60.5 Å². The van der Waals surface area contributed by atoms with Gasteiger partial charge in [0.1, 0.15) is 5.00 Å². The van der Waals surface area contributed by atoms with Gasteiger partial charge < -0.3 is 10.1 Å². The van der Waals surface area contributed by atoms with E-state index in [2.05, 4.69) is 17.4 Å². The van der Waals surface area contributed by atoms with Crippen LogP contribution in [0.4, 0.5) is 5.00 Å². The number of nitrogens with one attached hydrogen (secondary N) is 1. The molecule has 6 heteroatoms. The standard InChI is InChI=1S/C23H27NO3S2/c1-14(28-16-9-4-3-5-10-16)21(25)24-22-19(23(26)27-2)18-13-12-15-8-6-7-11-17(15)20(18)29-22/h6-8,11,14,16H,3-5,9-10,12-13H2,1-2H3,(H,24,25). The van der Waals surface area contributed by atoms with Crippen molar-refractivity contribution in [1.82, 2.24) is 0 Å². The van der Waals surface area contributed by atoms with Crippen molar-refractivity contribution in [2.45, 2.75) is 62.4 Å². The van der Waals surface area contributed by atoms with Crippen LogP contribution >= 0.6 is 23.1 Å². The molecule has 4 nitrogen and oxygen atoms in total. The van der Waals surface area contributed by atoms with Crippen LogP contribution in [-0.2, 0) is 22.4 Å². The average Bonchev–Trinajstić information content (AvgIpc) is 3.12. The summed E-state index contributed by atoms with van der Waals surface area (Å²) in [6.45, 7) is 1.97. The van der Waals surface area contributed by atoms with E-state index < -0.39 is 0 Å². The maximum Gasteiger partial charge on any atom is 0.341 e. The molecule has 4 rings (SSSR count). The van der Waals surface area contributed by atoms with Crippen LogP contribution in [0.3, 0.4) is 0 Å². The predicted molar refractivity (Wildman–Crippen MR) is 121 cm³/mol. The first-order valence-corrected chi connectivity index (χ1v) is 12.1. The Balaban J connectivity index is 1.59. The number of hydrogen-bond donors (Lipinski definition) is 1. The molecule has 2 aliphatic rings. The molecule has 1 aromatic heterocycles. The van der Waals surface area contributed by atoms with Crippen LogP contribution in [0.15, 0.2) is 24.3 Å². The Bertz CT molecular complexity index is 915. The monoisotopic (exact) mass is 429 g/mol. The van der Waals surface area contributed by atoms with Crippen molar-refractivity contribution in [2.24, 2.45) is 0 Å². The maximum absolute atomic E-state index is 12.9. The molecule has 1 heterocycles. The Morgan fingerprint density at radius 2 is 1.93 bits per heavy atom. The molecule has 2 aromatic rings. The van der Waals surface area contributed by atoms with Gasteiger partial charge in [-0.25, -0.2) is 4.79 Å². The van der Waals surface area contributed by atoms with Gasteiger partial charge in [0.15, 0.2) is 0 Å². The van der Waals surface area contributed by atoms with Gasteiger partial charge in [0, 0.05) is 10.1 Å². The van der Waals surface area contributed by atoms with Gasteiger partial charge in [0.2, 0.25) is 5.91 Å². The molecular weight excluding hydrogens is 402 g/mol. The van der Waals surface area contributed by atoms with Crippen molar-refractivity contribution in [3.63, 3.8) is 0 Å². The second-order valence-electron chi connectivity index (χ2n) is 7.79. The number of hydrogen-bond acceptors (Lipinski definition) is 5. The molecule has 0 bridgehead atoms. The number of esters is 1. The third-order valence-corrected chi connectivity index (χ3v) is 8.52. The molecule has 1 N–H and O–H groups in total. The van der Waals surface area contributed by atoms with Crippen molar-refractivity contribution < 1.29 is 14.3 Å². The molecule has 1 atom stereocenters. The molecule has 0 saturated heterocycles. The van der Waals surface area contributed by atoms with E-state index in [9.17, 15) is 9.59 Å². The zero-order valence-electron chi connectivity index (χ0n) is 17.0. The zero-order chi connectivity index (χ0) is 20.4. The number of carbonyl (C=O) groups is 2. The Kier molecular flexibility index (Phi) is 6.30. The molecule has 1 saturated carbocycles. The van der Waals surface area contributed by atoms with E-state index in [-0.39, 0.29) is 17.1 Å². The first kappa shape index (κ1) is 20.5. The third-order valence-electron chi connectivity index (χ3n) is 5.86. The molecule has 0 aliphatic heterocycles. The van der Waals surface area contributed by atoms with Crippen LogP contribution in [0.5, 0.6) is 0 Å². The molecule has 2 aliphatic carbocycles. The van der Waals surface area contributed by atoms with E-state index in [1.807, 2.05) is 19.1 Å². The number of amides is 1. The fourth-order valence-electron chi connectivity index (χ4n) is 4.31. The van der Waals surface area contributed by atoms with Crippen LogP contribution in [0, 0.1) is 0 Å². The number of ether oxygens (including phenoxy) is 1. The van der Waals surface area contributed by atoms with Crippen molar-refractivity contribution >= 4 is 40.0 Å². The molecular formula is C23H27NO3S2. The first-order chi connectivity index (χ1) is 14.1. The summed E-state index contributed by atoms with van der Waals surface area (Å²) >= 11 is 3.27. The summed E-state index contributed by atoms with van der Waals surface area (Å²) < 4.78 is 5.06. The lowest BCUT2D eigenvalue weighted by molar-refractivity contribution is -0.115. The number of thiophene rings is 1. The fraction of sp³-hybridized carbons (Fsp3) is 0.478. The van der Waals surface area contributed by atoms with Gasteiger partial charge in [-0.1, -0.05) is 43.5 Å². The van der Waals surface area contributed by atoms with Crippen molar-refractivity contribution in [3.8, 4) is 10.4 Å². The van der Waals surface area contributed by atoms with Crippen molar-refractivity contribution in [1.29, 1.82) is 0 Å². The second kappa shape index (κ2) is 8.92. The molecule has 1 amide bonds. The fourth-order valence-corrected chi connectivity index (χ4v) is 6.98. The molecule has 29 heavy (non-hydrogen) atoms. The second-order valence-corrected chi connectivity index (χ2v) is 10.5. The highest BCUT2D eigenvalue weighted by molar-refractivity contribution is 8.01. The van der Waals surface area contributed by atoms with Crippen LogP contribution < -0.4 is 5.32 Å². The summed E-state index contributed by atoms with van der Waals surface area (Å²) in [5.41, 5.74) is 3.99. The highest BCUT2D eigenvalue weighted by atomic mass is 32.2. The first-order valence-electron chi connectivity index (χ1n) is 10.4. The zero-order valence-corrected chi connectivity index (χ0v) is 18.6. The molecule has 154 valence electrons. The summed E-state index contributed by atoms with van der Waals surface area (Å²) in [5.74, 6) is -0.401. The van der Waals surface area contributed by atoms with Gasteiger partial charge in [-0.05, 0) is 49.3 Å². The number of methoxy groups -OCH3 is 1. The van der Waals surface area contributed by atoms with Gasteiger partial charge in [-0.15, -0.1) is 23.1 Å². The Labute approximate surface area is 180 Å². The van der Waals surface area contributed by atoms with Gasteiger partial charge in [0.25, 0.3) is 0 Å². The largest absolute Gasteiger partial charge is 0.465 e.